The van der Waals surface area contributed by atoms with Crippen molar-refractivity contribution in [2.75, 3.05) is 4.90 Å². The molecule has 0 unspecified atom stereocenters. The average molecular weight is 584 g/mol. The van der Waals surface area contributed by atoms with Crippen LogP contribution in [0, 0.1) is 13.8 Å². The molecule has 172 valence electrons. The number of anilines is 1. The van der Waals surface area contributed by atoms with E-state index >= 15 is 0 Å². The van der Waals surface area contributed by atoms with Gasteiger partial charge in [0.15, 0.2) is 0 Å². The Morgan fingerprint density at radius 3 is 2.24 bits per heavy atom. The lowest BCUT2D eigenvalue weighted by Crippen LogP contribution is -2.54. The van der Waals surface area contributed by atoms with Crippen LogP contribution in [-0.4, -0.2) is 17.8 Å². The Bertz CT molecular complexity index is 1310. The maximum atomic E-state index is 13.0. The Hall–Kier alpha value is -3.23. The van der Waals surface area contributed by atoms with Crippen LogP contribution in [0.2, 0.25) is 0 Å². The molecule has 1 fully saturated rings. The van der Waals surface area contributed by atoms with Crippen molar-refractivity contribution in [2.45, 2.75) is 20.5 Å². The standard InChI is InChI=1S/C26H20Br2N2O4/c1-15-9-16(2)11-18(10-15)14-34-23-8-3-17(13-22(23)28)12-21-24(31)29-26(33)30(25(21)32)20-6-4-19(27)5-7-20/h3-13H,14H2,1-2H3,(H,29,31,33)/b21-12+. The molecule has 0 bridgehead atoms. The summed E-state index contributed by atoms with van der Waals surface area (Å²) in [4.78, 5) is 38.7. The Morgan fingerprint density at radius 1 is 0.912 bits per heavy atom. The highest BCUT2D eigenvalue weighted by Gasteiger charge is 2.36. The molecule has 1 saturated heterocycles. The molecular weight excluding hydrogens is 564 g/mol. The highest BCUT2D eigenvalue weighted by molar-refractivity contribution is 9.10. The first-order valence-corrected chi connectivity index (χ1v) is 12.0. The molecule has 4 rings (SSSR count). The van der Waals surface area contributed by atoms with Gasteiger partial charge in [0.1, 0.15) is 17.9 Å². The van der Waals surface area contributed by atoms with Gasteiger partial charge < -0.3 is 4.74 Å². The summed E-state index contributed by atoms with van der Waals surface area (Å²) in [6, 6.07) is 17.4. The summed E-state index contributed by atoms with van der Waals surface area (Å²) < 4.78 is 7.43. The van der Waals surface area contributed by atoms with Gasteiger partial charge in [-0.05, 0) is 83.4 Å². The van der Waals surface area contributed by atoms with Gasteiger partial charge in [0.05, 0.1) is 10.2 Å². The van der Waals surface area contributed by atoms with E-state index < -0.39 is 17.8 Å². The average Bonchev–Trinajstić information content (AvgIpc) is 2.76. The molecule has 4 amide bonds. The zero-order chi connectivity index (χ0) is 24.4. The lowest BCUT2D eigenvalue weighted by Gasteiger charge is -2.26. The maximum absolute atomic E-state index is 13.0. The molecule has 0 aliphatic carbocycles. The number of aryl methyl sites for hydroxylation is 2. The van der Waals surface area contributed by atoms with E-state index in [1.165, 1.54) is 17.2 Å². The Kier molecular flexibility index (Phi) is 7.00. The molecule has 1 aliphatic rings. The van der Waals surface area contributed by atoms with Gasteiger partial charge >= 0.3 is 6.03 Å². The van der Waals surface area contributed by atoms with Crippen molar-refractivity contribution < 1.29 is 19.1 Å². The van der Waals surface area contributed by atoms with Gasteiger partial charge in [-0.25, -0.2) is 9.69 Å². The normalized spacial score (nSPS) is 15.0. The monoisotopic (exact) mass is 582 g/mol. The number of ether oxygens (including phenoxy) is 1. The molecule has 6 nitrogen and oxygen atoms in total. The molecule has 8 heteroatoms. The van der Waals surface area contributed by atoms with Crippen LogP contribution < -0.4 is 15.0 Å². The molecule has 0 saturated carbocycles. The summed E-state index contributed by atoms with van der Waals surface area (Å²) in [5.41, 5.74) is 4.24. The number of carbonyl (C=O) groups excluding carboxylic acids is 3. The number of hydrogen-bond acceptors (Lipinski definition) is 4. The van der Waals surface area contributed by atoms with Crippen molar-refractivity contribution in [3.8, 4) is 5.75 Å². The summed E-state index contributed by atoms with van der Waals surface area (Å²) in [6.45, 7) is 4.50. The minimum absolute atomic E-state index is 0.140. The van der Waals surface area contributed by atoms with E-state index in [-0.39, 0.29) is 5.57 Å². The number of barbiturate groups is 1. The number of amides is 4. The number of nitrogens with one attached hydrogen (secondary N) is 1. The smallest absolute Gasteiger partial charge is 0.335 e. The summed E-state index contributed by atoms with van der Waals surface area (Å²) in [5.74, 6) is -0.802. The Labute approximate surface area is 213 Å². The van der Waals surface area contributed by atoms with Crippen LogP contribution in [0.25, 0.3) is 6.08 Å². The number of nitrogens with zero attached hydrogens (tertiary/aromatic N) is 1. The molecule has 1 heterocycles. The van der Waals surface area contributed by atoms with Gasteiger partial charge in [0, 0.05) is 4.47 Å². The van der Waals surface area contributed by atoms with Crippen molar-refractivity contribution in [3.05, 3.63) is 97.4 Å². The van der Waals surface area contributed by atoms with Crippen LogP contribution in [-0.2, 0) is 16.2 Å². The number of imide groups is 2. The number of rotatable bonds is 5. The predicted octanol–water partition coefficient (Wildman–Crippen LogP) is 6.07. The first kappa shape index (κ1) is 23.9. The number of benzene rings is 3. The SMILES string of the molecule is Cc1cc(C)cc(COc2ccc(/C=C3\C(=O)NC(=O)N(c4ccc(Br)cc4)C3=O)cc2Br)c1. The van der Waals surface area contributed by atoms with Gasteiger partial charge in [-0.15, -0.1) is 0 Å². The minimum atomic E-state index is -0.786. The molecule has 1 N–H and O–H groups in total. The van der Waals surface area contributed by atoms with Crippen LogP contribution in [0.3, 0.4) is 0 Å². The quantitative estimate of drug-likeness (QED) is 0.292. The molecule has 34 heavy (non-hydrogen) atoms. The second-order valence-corrected chi connectivity index (χ2v) is 9.68. The predicted molar refractivity (Wildman–Crippen MR) is 138 cm³/mol. The van der Waals surface area contributed by atoms with Crippen LogP contribution in [0.5, 0.6) is 5.75 Å². The van der Waals surface area contributed by atoms with Gasteiger partial charge in [-0.2, -0.15) is 0 Å². The van der Waals surface area contributed by atoms with Crippen LogP contribution in [0.15, 0.2) is 75.2 Å². The number of urea groups is 1. The number of carbonyl (C=O) groups is 3. The summed E-state index contributed by atoms with van der Waals surface area (Å²) in [5, 5.41) is 2.23. The Morgan fingerprint density at radius 2 is 1.59 bits per heavy atom. The number of hydrogen-bond donors (Lipinski definition) is 1. The summed E-state index contributed by atoms with van der Waals surface area (Å²) in [7, 11) is 0. The molecule has 3 aromatic carbocycles. The maximum Gasteiger partial charge on any atom is 0.335 e. The molecule has 0 radical (unpaired) electrons. The molecular formula is C26H20Br2N2O4. The van der Waals surface area contributed by atoms with E-state index in [4.69, 9.17) is 4.74 Å². The van der Waals surface area contributed by atoms with Gasteiger partial charge in [0.2, 0.25) is 0 Å². The zero-order valence-electron chi connectivity index (χ0n) is 18.4. The van der Waals surface area contributed by atoms with Crippen molar-refractivity contribution in [2.24, 2.45) is 0 Å². The first-order chi connectivity index (χ1) is 16.2. The second kappa shape index (κ2) is 9.95. The van der Waals surface area contributed by atoms with E-state index in [9.17, 15) is 14.4 Å². The first-order valence-electron chi connectivity index (χ1n) is 10.4. The molecule has 3 aromatic rings. The van der Waals surface area contributed by atoms with Gasteiger partial charge in [-0.1, -0.05) is 51.3 Å². The lowest BCUT2D eigenvalue weighted by molar-refractivity contribution is -0.122. The van der Waals surface area contributed by atoms with Crippen molar-refractivity contribution >= 4 is 61.5 Å². The largest absolute Gasteiger partial charge is 0.488 e. The van der Waals surface area contributed by atoms with E-state index in [1.807, 2.05) is 13.8 Å². The zero-order valence-corrected chi connectivity index (χ0v) is 21.6. The third-order valence-electron chi connectivity index (χ3n) is 5.13. The van der Waals surface area contributed by atoms with Gasteiger partial charge in [0.25, 0.3) is 11.8 Å². The number of halogens is 2. The van der Waals surface area contributed by atoms with E-state index in [1.54, 1.807) is 42.5 Å². The fourth-order valence-electron chi connectivity index (χ4n) is 3.69. The van der Waals surface area contributed by atoms with Crippen LogP contribution in [0.4, 0.5) is 10.5 Å². The minimum Gasteiger partial charge on any atom is -0.488 e. The molecule has 0 spiro atoms. The fourth-order valence-corrected chi connectivity index (χ4v) is 4.46. The van der Waals surface area contributed by atoms with E-state index in [2.05, 4.69) is 55.4 Å². The third-order valence-corrected chi connectivity index (χ3v) is 6.28. The highest BCUT2D eigenvalue weighted by Crippen LogP contribution is 2.29. The van der Waals surface area contributed by atoms with Crippen LogP contribution >= 0.6 is 31.9 Å². The molecule has 0 atom stereocenters. The van der Waals surface area contributed by atoms with Crippen molar-refractivity contribution in [1.29, 1.82) is 0 Å². The summed E-state index contributed by atoms with van der Waals surface area (Å²) in [6.07, 6.45) is 1.45. The highest BCUT2D eigenvalue weighted by atomic mass is 79.9. The van der Waals surface area contributed by atoms with Crippen molar-refractivity contribution in [1.82, 2.24) is 5.32 Å². The lowest BCUT2D eigenvalue weighted by atomic mass is 10.1. The van der Waals surface area contributed by atoms with Gasteiger partial charge in [-0.3, -0.25) is 14.9 Å². The molecule has 0 aromatic heterocycles. The van der Waals surface area contributed by atoms with Crippen LogP contribution in [0.1, 0.15) is 22.3 Å². The third kappa shape index (κ3) is 5.29. The van der Waals surface area contributed by atoms with E-state index in [0.717, 1.165) is 14.9 Å². The van der Waals surface area contributed by atoms with E-state index in [0.29, 0.717) is 28.1 Å². The molecule has 1 aliphatic heterocycles. The van der Waals surface area contributed by atoms with Crippen molar-refractivity contribution in [3.63, 3.8) is 0 Å². The second-order valence-electron chi connectivity index (χ2n) is 7.91. The summed E-state index contributed by atoms with van der Waals surface area (Å²) >= 11 is 6.83. The topological polar surface area (TPSA) is 75.7 Å². The fraction of sp³-hybridized carbons (Fsp3) is 0.115. The Balaban J connectivity index is 1.55.